The van der Waals surface area contributed by atoms with Gasteiger partial charge in [-0.25, -0.2) is 0 Å². The van der Waals surface area contributed by atoms with Gasteiger partial charge in [0.15, 0.2) is 0 Å². The third-order valence-electron chi connectivity index (χ3n) is 2.69. The SMILES string of the molecule is O=C(/C=C/c1cc(Cl)ccc1Cl)N1CCOCC1. The van der Waals surface area contributed by atoms with Gasteiger partial charge in [-0.3, -0.25) is 4.79 Å². The van der Waals surface area contributed by atoms with Crippen molar-refractivity contribution in [2.75, 3.05) is 26.3 Å². The lowest BCUT2D eigenvalue weighted by atomic mass is 10.2. The fourth-order valence-electron chi connectivity index (χ4n) is 1.69. The Balaban J connectivity index is 2.05. The van der Waals surface area contributed by atoms with Crippen LogP contribution in [0.5, 0.6) is 0 Å². The molecule has 2 rings (SSSR count). The highest BCUT2D eigenvalue weighted by Gasteiger charge is 2.14. The van der Waals surface area contributed by atoms with E-state index in [1.807, 2.05) is 0 Å². The molecule has 0 spiro atoms. The molecule has 3 nitrogen and oxygen atoms in total. The van der Waals surface area contributed by atoms with Gasteiger partial charge in [-0.15, -0.1) is 0 Å². The Morgan fingerprint density at radius 2 is 2.00 bits per heavy atom. The first-order valence-corrected chi connectivity index (χ1v) is 6.42. The van der Waals surface area contributed by atoms with Gasteiger partial charge in [0.2, 0.25) is 5.91 Å². The molecule has 1 aliphatic rings. The number of nitrogens with zero attached hydrogens (tertiary/aromatic N) is 1. The number of rotatable bonds is 2. The lowest BCUT2D eigenvalue weighted by Gasteiger charge is -2.25. The predicted molar refractivity (Wildman–Crippen MR) is 72.9 cm³/mol. The molecule has 18 heavy (non-hydrogen) atoms. The quantitative estimate of drug-likeness (QED) is 0.782. The third-order valence-corrected chi connectivity index (χ3v) is 3.27. The highest BCUT2D eigenvalue weighted by atomic mass is 35.5. The molecule has 5 heteroatoms. The number of benzene rings is 1. The minimum Gasteiger partial charge on any atom is -0.378 e. The number of carbonyl (C=O) groups excluding carboxylic acids is 1. The van der Waals surface area contributed by atoms with Crippen LogP contribution in [0, 0.1) is 0 Å². The average Bonchev–Trinajstić information content (AvgIpc) is 2.40. The zero-order valence-corrected chi connectivity index (χ0v) is 11.2. The highest BCUT2D eigenvalue weighted by Crippen LogP contribution is 2.21. The fourth-order valence-corrected chi connectivity index (χ4v) is 2.05. The lowest BCUT2D eigenvalue weighted by Crippen LogP contribution is -2.39. The van der Waals surface area contributed by atoms with Crippen LogP contribution in [0.25, 0.3) is 6.08 Å². The highest BCUT2D eigenvalue weighted by molar-refractivity contribution is 6.34. The van der Waals surface area contributed by atoms with Crippen molar-refractivity contribution in [1.82, 2.24) is 4.90 Å². The van der Waals surface area contributed by atoms with Crippen LogP contribution in [-0.4, -0.2) is 37.1 Å². The standard InChI is InChI=1S/C13H13Cl2NO2/c14-11-2-3-12(15)10(9-11)1-4-13(17)16-5-7-18-8-6-16/h1-4,9H,5-8H2/b4-1+. The first-order valence-electron chi connectivity index (χ1n) is 5.66. The van der Waals surface area contributed by atoms with E-state index < -0.39 is 0 Å². The zero-order valence-electron chi connectivity index (χ0n) is 9.73. The smallest absolute Gasteiger partial charge is 0.246 e. The van der Waals surface area contributed by atoms with Crippen molar-refractivity contribution in [1.29, 1.82) is 0 Å². The van der Waals surface area contributed by atoms with Gasteiger partial charge in [0.25, 0.3) is 0 Å². The van der Waals surface area contributed by atoms with Crippen LogP contribution in [0.1, 0.15) is 5.56 Å². The second-order valence-electron chi connectivity index (χ2n) is 3.94. The molecular formula is C13H13Cl2NO2. The maximum atomic E-state index is 11.9. The van der Waals surface area contributed by atoms with Gasteiger partial charge >= 0.3 is 0 Å². The number of hydrogen-bond donors (Lipinski definition) is 0. The first-order chi connectivity index (χ1) is 8.66. The molecule has 0 saturated carbocycles. The third kappa shape index (κ3) is 3.48. The summed E-state index contributed by atoms with van der Waals surface area (Å²) in [5, 5.41) is 1.17. The maximum Gasteiger partial charge on any atom is 0.246 e. The average molecular weight is 286 g/mol. The number of carbonyl (C=O) groups is 1. The molecule has 1 aromatic rings. The summed E-state index contributed by atoms with van der Waals surface area (Å²) in [6.45, 7) is 2.45. The predicted octanol–water partition coefficient (Wildman–Crippen LogP) is 2.87. The molecule has 0 bridgehead atoms. The minimum absolute atomic E-state index is 0.0330. The molecule has 1 aromatic carbocycles. The Hall–Kier alpha value is -1.03. The summed E-state index contributed by atoms with van der Waals surface area (Å²) in [4.78, 5) is 13.6. The monoisotopic (exact) mass is 285 g/mol. The molecule has 1 aliphatic heterocycles. The Bertz CT molecular complexity index is 468. The van der Waals surface area contributed by atoms with Gasteiger partial charge in [-0.05, 0) is 29.8 Å². The Morgan fingerprint density at radius 1 is 1.28 bits per heavy atom. The topological polar surface area (TPSA) is 29.5 Å². The zero-order chi connectivity index (χ0) is 13.0. The van der Waals surface area contributed by atoms with Crippen molar-refractivity contribution in [3.63, 3.8) is 0 Å². The van der Waals surface area contributed by atoms with Crippen molar-refractivity contribution < 1.29 is 9.53 Å². The van der Waals surface area contributed by atoms with Crippen LogP contribution in [-0.2, 0) is 9.53 Å². The molecule has 1 amide bonds. The van der Waals surface area contributed by atoms with Gasteiger partial charge in [0, 0.05) is 29.2 Å². The van der Waals surface area contributed by atoms with E-state index in [-0.39, 0.29) is 5.91 Å². The van der Waals surface area contributed by atoms with E-state index in [1.165, 1.54) is 6.08 Å². The van der Waals surface area contributed by atoms with E-state index in [0.717, 1.165) is 5.56 Å². The van der Waals surface area contributed by atoms with E-state index in [1.54, 1.807) is 29.2 Å². The Kier molecular flexibility index (Phi) is 4.64. The lowest BCUT2D eigenvalue weighted by molar-refractivity contribution is -0.129. The summed E-state index contributed by atoms with van der Waals surface area (Å²) >= 11 is 11.9. The van der Waals surface area contributed by atoms with Gasteiger partial charge in [0.05, 0.1) is 13.2 Å². The van der Waals surface area contributed by atoms with Crippen LogP contribution in [0.3, 0.4) is 0 Å². The minimum atomic E-state index is -0.0330. The Labute approximate surface area is 116 Å². The molecule has 1 fully saturated rings. The molecular weight excluding hydrogens is 273 g/mol. The van der Waals surface area contributed by atoms with Crippen LogP contribution < -0.4 is 0 Å². The van der Waals surface area contributed by atoms with Crippen molar-refractivity contribution in [3.05, 3.63) is 39.9 Å². The van der Waals surface area contributed by atoms with E-state index in [2.05, 4.69) is 0 Å². The van der Waals surface area contributed by atoms with Gasteiger partial charge < -0.3 is 9.64 Å². The summed E-state index contributed by atoms with van der Waals surface area (Å²) in [6.07, 6.45) is 3.20. The molecule has 0 radical (unpaired) electrons. The summed E-state index contributed by atoms with van der Waals surface area (Å²) in [5.74, 6) is -0.0330. The van der Waals surface area contributed by atoms with Crippen LogP contribution in [0.4, 0.5) is 0 Å². The fraction of sp³-hybridized carbons (Fsp3) is 0.308. The summed E-state index contributed by atoms with van der Waals surface area (Å²) in [5.41, 5.74) is 0.741. The first kappa shape index (κ1) is 13.4. The molecule has 0 unspecified atom stereocenters. The molecule has 0 atom stereocenters. The number of hydrogen-bond acceptors (Lipinski definition) is 2. The molecule has 0 N–H and O–H groups in total. The van der Waals surface area contributed by atoms with Gasteiger partial charge in [0.1, 0.15) is 0 Å². The number of amides is 1. The summed E-state index contributed by atoms with van der Waals surface area (Å²) < 4.78 is 5.19. The number of morpholine rings is 1. The molecule has 0 aromatic heterocycles. The van der Waals surface area contributed by atoms with Crippen LogP contribution in [0.2, 0.25) is 10.0 Å². The van der Waals surface area contributed by atoms with Crippen LogP contribution >= 0.6 is 23.2 Å². The van der Waals surface area contributed by atoms with Crippen molar-refractivity contribution in [2.24, 2.45) is 0 Å². The molecule has 0 aliphatic carbocycles. The second-order valence-corrected chi connectivity index (χ2v) is 4.78. The van der Waals surface area contributed by atoms with Crippen molar-refractivity contribution in [3.8, 4) is 0 Å². The van der Waals surface area contributed by atoms with E-state index in [9.17, 15) is 4.79 Å². The van der Waals surface area contributed by atoms with E-state index in [0.29, 0.717) is 36.3 Å². The molecule has 1 heterocycles. The van der Waals surface area contributed by atoms with Crippen molar-refractivity contribution in [2.45, 2.75) is 0 Å². The Morgan fingerprint density at radius 3 is 2.72 bits per heavy atom. The maximum absolute atomic E-state index is 11.9. The summed E-state index contributed by atoms with van der Waals surface area (Å²) in [6, 6.07) is 5.15. The van der Waals surface area contributed by atoms with Gasteiger partial charge in [-0.2, -0.15) is 0 Å². The molecule has 1 saturated heterocycles. The van der Waals surface area contributed by atoms with Crippen LogP contribution in [0.15, 0.2) is 24.3 Å². The van der Waals surface area contributed by atoms with Crippen molar-refractivity contribution >= 4 is 35.2 Å². The molecule has 96 valence electrons. The summed E-state index contributed by atoms with van der Waals surface area (Å²) in [7, 11) is 0. The van der Waals surface area contributed by atoms with E-state index in [4.69, 9.17) is 27.9 Å². The normalized spacial score (nSPS) is 16.2. The largest absolute Gasteiger partial charge is 0.378 e. The second kappa shape index (κ2) is 6.23. The van der Waals surface area contributed by atoms with Gasteiger partial charge in [-0.1, -0.05) is 23.2 Å². The number of halogens is 2. The number of ether oxygens (including phenoxy) is 1. The van der Waals surface area contributed by atoms with E-state index >= 15 is 0 Å².